The van der Waals surface area contributed by atoms with E-state index >= 15 is 0 Å². The van der Waals surface area contributed by atoms with Crippen LogP contribution in [0.2, 0.25) is 0 Å². The van der Waals surface area contributed by atoms with Gasteiger partial charge in [0.05, 0.1) is 6.10 Å². The molecule has 18 heavy (non-hydrogen) atoms. The molecule has 2 aliphatic heterocycles. The van der Waals surface area contributed by atoms with Crippen molar-refractivity contribution in [3.8, 4) is 0 Å². The minimum atomic E-state index is -0.883. The number of carboxylic acid groups (broad SMARTS) is 2. The van der Waals surface area contributed by atoms with Gasteiger partial charge in [-0.05, 0) is 19.4 Å². The van der Waals surface area contributed by atoms with Gasteiger partial charge in [-0.15, -0.1) is 0 Å². The largest absolute Gasteiger partial charge is 0.480 e. The maximum atomic E-state index is 10.3. The molecule has 2 fully saturated rings. The molecule has 2 aliphatic rings. The van der Waals surface area contributed by atoms with E-state index < -0.39 is 24.1 Å². The molecule has 2 saturated heterocycles. The Morgan fingerprint density at radius 1 is 1.00 bits per heavy atom. The van der Waals surface area contributed by atoms with E-state index in [-0.39, 0.29) is 6.04 Å². The molecule has 0 spiro atoms. The number of nitrogens with one attached hydrogen (secondary N) is 2. The van der Waals surface area contributed by atoms with E-state index in [1.807, 2.05) is 0 Å². The lowest BCUT2D eigenvalue weighted by atomic mass is 10.1. The summed E-state index contributed by atoms with van der Waals surface area (Å²) in [4.78, 5) is 20.5. The first-order valence-electron chi connectivity index (χ1n) is 6.11. The van der Waals surface area contributed by atoms with Crippen LogP contribution in [-0.2, 0) is 9.59 Å². The fraction of sp³-hybridized carbons (Fsp3) is 0.818. The fourth-order valence-corrected chi connectivity index (χ4v) is 1.97. The quantitative estimate of drug-likeness (QED) is 0.432. The average Bonchev–Trinajstić information content (AvgIpc) is 2.78. The number of rotatable bonds is 2. The molecule has 0 radical (unpaired) electrons. The van der Waals surface area contributed by atoms with E-state index in [4.69, 9.17) is 15.3 Å². The summed E-state index contributed by atoms with van der Waals surface area (Å²) in [5, 5.41) is 31.2. The lowest BCUT2D eigenvalue weighted by Crippen LogP contribution is -2.40. The monoisotopic (exact) mass is 260 g/mol. The predicted molar refractivity (Wildman–Crippen MR) is 63.3 cm³/mol. The van der Waals surface area contributed by atoms with Crippen LogP contribution in [0.15, 0.2) is 0 Å². The first kappa shape index (κ1) is 14.9. The molecule has 104 valence electrons. The third-order valence-corrected chi connectivity index (χ3v) is 3.01. The smallest absolute Gasteiger partial charge is 0.320 e. The van der Waals surface area contributed by atoms with E-state index in [0.717, 1.165) is 25.8 Å². The zero-order valence-electron chi connectivity index (χ0n) is 10.1. The Bertz CT molecular complexity index is 276. The molecule has 3 atom stereocenters. The van der Waals surface area contributed by atoms with Gasteiger partial charge in [-0.2, -0.15) is 0 Å². The molecule has 0 amide bonds. The van der Waals surface area contributed by atoms with Crippen molar-refractivity contribution in [2.45, 2.75) is 43.9 Å². The first-order chi connectivity index (χ1) is 8.50. The zero-order valence-corrected chi connectivity index (χ0v) is 10.1. The second-order valence-corrected chi connectivity index (χ2v) is 4.53. The predicted octanol–water partition coefficient (Wildman–Crippen LogP) is -0.993. The summed E-state index contributed by atoms with van der Waals surface area (Å²) >= 11 is 0. The van der Waals surface area contributed by atoms with Crippen LogP contribution in [0.4, 0.5) is 0 Å². The molecule has 5 N–H and O–H groups in total. The van der Waals surface area contributed by atoms with Crippen LogP contribution in [0.3, 0.4) is 0 Å². The summed E-state index contributed by atoms with van der Waals surface area (Å²) in [6.07, 6.45) is 2.80. The van der Waals surface area contributed by atoms with Gasteiger partial charge in [0.25, 0.3) is 0 Å². The highest BCUT2D eigenvalue weighted by Gasteiger charge is 2.27. The Hall–Kier alpha value is -1.18. The summed E-state index contributed by atoms with van der Waals surface area (Å²) in [7, 11) is 0. The van der Waals surface area contributed by atoms with Crippen LogP contribution < -0.4 is 10.6 Å². The maximum absolute atomic E-state index is 10.3. The highest BCUT2D eigenvalue weighted by atomic mass is 16.4. The molecule has 0 bridgehead atoms. The van der Waals surface area contributed by atoms with E-state index in [0.29, 0.717) is 13.0 Å². The van der Waals surface area contributed by atoms with Crippen molar-refractivity contribution in [1.82, 2.24) is 10.6 Å². The molecule has 1 unspecified atom stereocenters. The third kappa shape index (κ3) is 4.99. The van der Waals surface area contributed by atoms with Gasteiger partial charge < -0.3 is 26.0 Å². The van der Waals surface area contributed by atoms with E-state index in [1.54, 1.807) is 0 Å². The van der Waals surface area contributed by atoms with Crippen LogP contribution in [-0.4, -0.2) is 58.5 Å². The molecular formula is C11H20N2O5. The van der Waals surface area contributed by atoms with Gasteiger partial charge in [-0.25, -0.2) is 0 Å². The van der Waals surface area contributed by atoms with Crippen molar-refractivity contribution in [2.75, 3.05) is 13.1 Å². The highest BCUT2D eigenvalue weighted by molar-refractivity contribution is 5.74. The van der Waals surface area contributed by atoms with Gasteiger partial charge in [0, 0.05) is 13.0 Å². The van der Waals surface area contributed by atoms with Crippen molar-refractivity contribution in [1.29, 1.82) is 0 Å². The number of aliphatic carboxylic acids is 2. The summed E-state index contributed by atoms with van der Waals surface area (Å²) in [6, 6.07) is -0.821. The van der Waals surface area contributed by atoms with E-state index in [2.05, 4.69) is 10.6 Å². The maximum Gasteiger partial charge on any atom is 0.320 e. The SMILES string of the molecule is O=C(O)C1CCCCN1.O=C(O)[C@@H]1C[C@@H](O)CN1. The number of hydrogen-bond donors (Lipinski definition) is 5. The number of aliphatic hydroxyl groups is 1. The average molecular weight is 260 g/mol. The number of hydrogen-bond acceptors (Lipinski definition) is 5. The number of piperidine rings is 1. The zero-order chi connectivity index (χ0) is 13.5. The molecule has 0 aromatic heterocycles. The third-order valence-electron chi connectivity index (χ3n) is 3.01. The Labute approximate surface area is 105 Å². The van der Waals surface area contributed by atoms with Gasteiger partial charge >= 0.3 is 11.9 Å². The Balaban J connectivity index is 0.000000180. The standard InChI is InChI=1S/C6H11NO2.C5H9NO3/c8-6(9)5-3-1-2-4-7-5;7-3-1-4(5(8)9)6-2-3/h5,7H,1-4H2,(H,8,9);3-4,6-7H,1-2H2,(H,8,9)/t;3-,4+/m.1/s1. The molecule has 0 saturated carbocycles. The van der Waals surface area contributed by atoms with E-state index in [1.165, 1.54) is 0 Å². The van der Waals surface area contributed by atoms with Crippen molar-refractivity contribution in [3.63, 3.8) is 0 Å². The first-order valence-corrected chi connectivity index (χ1v) is 6.11. The lowest BCUT2D eigenvalue weighted by molar-refractivity contribution is -0.140. The number of carboxylic acids is 2. The number of β-amino-alcohol motifs (C(OH)–C–C–N with tert-alkyl or cyclic N) is 1. The van der Waals surface area contributed by atoms with Gasteiger partial charge in [0.15, 0.2) is 0 Å². The number of aliphatic hydroxyl groups excluding tert-OH is 1. The van der Waals surface area contributed by atoms with E-state index in [9.17, 15) is 9.59 Å². The fourth-order valence-electron chi connectivity index (χ4n) is 1.97. The van der Waals surface area contributed by atoms with Crippen LogP contribution in [0, 0.1) is 0 Å². The molecule has 0 aromatic rings. The van der Waals surface area contributed by atoms with Gasteiger partial charge in [-0.3, -0.25) is 9.59 Å². The van der Waals surface area contributed by atoms with Gasteiger partial charge in [0.1, 0.15) is 12.1 Å². The molecular weight excluding hydrogens is 240 g/mol. The molecule has 0 aromatic carbocycles. The topological polar surface area (TPSA) is 119 Å². The summed E-state index contributed by atoms with van der Waals surface area (Å²) in [5.74, 6) is -1.60. The Kier molecular flexibility index (Phi) is 6.03. The molecule has 0 aliphatic carbocycles. The van der Waals surface area contributed by atoms with Gasteiger partial charge in [0.2, 0.25) is 0 Å². The Morgan fingerprint density at radius 2 is 1.67 bits per heavy atom. The highest BCUT2D eigenvalue weighted by Crippen LogP contribution is 2.06. The molecule has 2 heterocycles. The van der Waals surface area contributed by atoms with Crippen molar-refractivity contribution >= 4 is 11.9 Å². The summed E-state index contributed by atoms with van der Waals surface area (Å²) in [6.45, 7) is 1.26. The van der Waals surface area contributed by atoms with Crippen LogP contribution in [0.1, 0.15) is 25.7 Å². The summed E-state index contributed by atoms with van der Waals surface area (Å²) < 4.78 is 0. The molecule has 7 nitrogen and oxygen atoms in total. The minimum Gasteiger partial charge on any atom is -0.480 e. The second-order valence-electron chi connectivity index (χ2n) is 4.53. The Morgan fingerprint density at radius 3 is 1.94 bits per heavy atom. The van der Waals surface area contributed by atoms with Crippen molar-refractivity contribution < 1.29 is 24.9 Å². The van der Waals surface area contributed by atoms with Crippen LogP contribution in [0.25, 0.3) is 0 Å². The second kappa shape index (κ2) is 7.30. The summed E-state index contributed by atoms with van der Waals surface area (Å²) in [5.41, 5.74) is 0. The molecule has 7 heteroatoms. The van der Waals surface area contributed by atoms with Crippen molar-refractivity contribution in [3.05, 3.63) is 0 Å². The van der Waals surface area contributed by atoms with Gasteiger partial charge in [-0.1, -0.05) is 6.42 Å². The van der Waals surface area contributed by atoms with Crippen LogP contribution >= 0.6 is 0 Å². The lowest BCUT2D eigenvalue weighted by Gasteiger charge is -2.18. The van der Waals surface area contributed by atoms with Crippen LogP contribution in [0.5, 0.6) is 0 Å². The minimum absolute atomic E-state index is 0.279. The van der Waals surface area contributed by atoms with Crippen molar-refractivity contribution in [2.24, 2.45) is 0 Å². The normalized spacial score (nSPS) is 31.3. The number of carbonyl (C=O) groups is 2. The molecule has 2 rings (SSSR count).